The lowest BCUT2D eigenvalue weighted by Crippen LogP contribution is -2.27. The Bertz CT molecular complexity index is 513. The quantitative estimate of drug-likeness (QED) is 0.896. The van der Waals surface area contributed by atoms with Gasteiger partial charge in [-0.05, 0) is 31.0 Å². The van der Waals surface area contributed by atoms with E-state index in [-0.39, 0.29) is 0 Å². The van der Waals surface area contributed by atoms with Crippen LogP contribution in [0.1, 0.15) is 17.5 Å². The summed E-state index contributed by atoms with van der Waals surface area (Å²) >= 11 is 13.3. The van der Waals surface area contributed by atoms with Crippen LogP contribution in [0.15, 0.2) is 30.5 Å². The SMILES string of the molecule is CC(Cc1cccc(Cl)c1)NCc1ncc(Cl)s1. The zero-order valence-electron chi connectivity index (χ0n) is 9.99. The highest BCUT2D eigenvalue weighted by Crippen LogP contribution is 2.18. The first-order chi connectivity index (χ1) is 8.63. The van der Waals surface area contributed by atoms with E-state index in [1.807, 2.05) is 18.2 Å². The van der Waals surface area contributed by atoms with Crippen LogP contribution in [-0.4, -0.2) is 11.0 Å². The fraction of sp³-hybridized carbons (Fsp3) is 0.308. The van der Waals surface area contributed by atoms with E-state index in [1.54, 1.807) is 6.20 Å². The van der Waals surface area contributed by atoms with Gasteiger partial charge < -0.3 is 5.32 Å². The zero-order chi connectivity index (χ0) is 13.0. The first-order valence-electron chi connectivity index (χ1n) is 5.71. The zero-order valence-corrected chi connectivity index (χ0v) is 12.3. The Morgan fingerprint density at radius 1 is 1.39 bits per heavy atom. The molecule has 0 saturated heterocycles. The van der Waals surface area contributed by atoms with E-state index in [2.05, 4.69) is 23.3 Å². The van der Waals surface area contributed by atoms with E-state index in [1.165, 1.54) is 16.9 Å². The minimum absolute atomic E-state index is 0.367. The average Bonchev–Trinajstić information content (AvgIpc) is 2.73. The van der Waals surface area contributed by atoms with E-state index < -0.39 is 0 Å². The molecule has 2 nitrogen and oxygen atoms in total. The average molecular weight is 301 g/mol. The van der Waals surface area contributed by atoms with Crippen LogP contribution in [0.5, 0.6) is 0 Å². The standard InChI is InChI=1S/C13H14Cl2N2S/c1-9(5-10-3-2-4-11(14)6-10)16-8-13-17-7-12(15)18-13/h2-4,6-7,9,16H,5,8H2,1H3. The lowest BCUT2D eigenvalue weighted by molar-refractivity contribution is 0.544. The molecule has 1 aromatic carbocycles. The molecule has 0 aliphatic carbocycles. The Labute approximate surface area is 121 Å². The predicted octanol–water partition coefficient (Wildman–Crippen LogP) is 4.17. The van der Waals surface area contributed by atoms with Crippen LogP contribution < -0.4 is 5.32 Å². The highest BCUT2D eigenvalue weighted by atomic mass is 35.5. The first kappa shape index (κ1) is 13.8. The number of thiazole rings is 1. The monoisotopic (exact) mass is 300 g/mol. The van der Waals surface area contributed by atoms with Gasteiger partial charge in [0.2, 0.25) is 0 Å². The number of rotatable bonds is 5. The van der Waals surface area contributed by atoms with Crippen LogP contribution in [0.3, 0.4) is 0 Å². The molecule has 1 atom stereocenters. The molecule has 0 bridgehead atoms. The molecule has 0 saturated carbocycles. The second kappa shape index (κ2) is 6.53. The summed E-state index contributed by atoms with van der Waals surface area (Å²) in [5.41, 5.74) is 1.24. The molecule has 1 aromatic heterocycles. The molecule has 2 rings (SSSR count). The molecule has 0 amide bonds. The predicted molar refractivity (Wildman–Crippen MR) is 78.6 cm³/mol. The van der Waals surface area contributed by atoms with Gasteiger partial charge >= 0.3 is 0 Å². The van der Waals surface area contributed by atoms with E-state index in [0.29, 0.717) is 6.04 Å². The Balaban J connectivity index is 1.83. The van der Waals surface area contributed by atoms with Crippen LogP contribution in [0, 0.1) is 0 Å². The van der Waals surface area contributed by atoms with Crippen molar-refractivity contribution in [2.45, 2.75) is 25.9 Å². The number of benzene rings is 1. The third-order valence-corrected chi connectivity index (χ3v) is 3.91. The number of aromatic nitrogens is 1. The lowest BCUT2D eigenvalue weighted by atomic mass is 10.1. The van der Waals surface area contributed by atoms with E-state index in [9.17, 15) is 0 Å². The Morgan fingerprint density at radius 3 is 2.89 bits per heavy atom. The van der Waals surface area contributed by atoms with Crippen molar-refractivity contribution in [1.82, 2.24) is 10.3 Å². The molecule has 0 fully saturated rings. The van der Waals surface area contributed by atoms with Crippen LogP contribution in [-0.2, 0) is 13.0 Å². The van der Waals surface area contributed by atoms with Crippen LogP contribution in [0.25, 0.3) is 0 Å². The number of hydrogen-bond donors (Lipinski definition) is 1. The van der Waals surface area contributed by atoms with E-state index in [0.717, 1.165) is 27.3 Å². The second-order valence-electron chi connectivity index (χ2n) is 4.17. The van der Waals surface area contributed by atoms with Gasteiger partial charge in [0.15, 0.2) is 0 Å². The summed E-state index contributed by atoms with van der Waals surface area (Å²) < 4.78 is 0.731. The minimum atomic E-state index is 0.367. The normalized spacial score (nSPS) is 12.6. The third-order valence-electron chi connectivity index (χ3n) is 2.56. The number of nitrogens with one attached hydrogen (secondary N) is 1. The molecule has 18 heavy (non-hydrogen) atoms. The number of nitrogens with zero attached hydrogens (tertiary/aromatic N) is 1. The Morgan fingerprint density at radius 2 is 2.22 bits per heavy atom. The smallest absolute Gasteiger partial charge is 0.113 e. The fourth-order valence-electron chi connectivity index (χ4n) is 1.72. The van der Waals surface area contributed by atoms with Gasteiger partial charge in [0, 0.05) is 17.6 Å². The van der Waals surface area contributed by atoms with E-state index in [4.69, 9.17) is 23.2 Å². The van der Waals surface area contributed by atoms with Gasteiger partial charge in [0.1, 0.15) is 9.34 Å². The molecule has 0 radical (unpaired) electrons. The molecule has 96 valence electrons. The topological polar surface area (TPSA) is 24.9 Å². The van der Waals surface area contributed by atoms with Crippen molar-refractivity contribution in [3.63, 3.8) is 0 Å². The molecule has 5 heteroatoms. The summed E-state index contributed by atoms with van der Waals surface area (Å²) in [5.74, 6) is 0. The molecule has 1 N–H and O–H groups in total. The molecule has 0 aliphatic heterocycles. The molecule has 0 spiro atoms. The molecule has 2 aromatic rings. The summed E-state index contributed by atoms with van der Waals surface area (Å²) in [6.45, 7) is 2.90. The van der Waals surface area contributed by atoms with Crippen molar-refractivity contribution < 1.29 is 0 Å². The molecule has 0 aliphatic rings. The van der Waals surface area contributed by atoms with Gasteiger partial charge in [-0.1, -0.05) is 35.3 Å². The summed E-state index contributed by atoms with van der Waals surface area (Å²) in [5, 5.41) is 5.22. The van der Waals surface area contributed by atoms with Crippen molar-refractivity contribution in [2.24, 2.45) is 0 Å². The van der Waals surface area contributed by atoms with Crippen molar-refractivity contribution in [1.29, 1.82) is 0 Å². The summed E-state index contributed by atoms with van der Waals surface area (Å²) in [4.78, 5) is 4.21. The number of hydrogen-bond acceptors (Lipinski definition) is 3. The number of halogens is 2. The largest absolute Gasteiger partial charge is 0.308 e. The maximum Gasteiger partial charge on any atom is 0.113 e. The van der Waals surface area contributed by atoms with Gasteiger partial charge in [-0.3, -0.25) is 0 Å². The third kappa shape index (κ3) is 4.25. The molecular weight excluding hydrogens is 287 g/mol. The maximum atomic E-state index is 5.96. The van der Waals surface area contributed by atoms with Crippen molar-refractivity contribution in [3.8, 4) is 0 Å². The summed E-state index contributed by atoms with van der Waals surface area (Å²) in [6, 6.07) is 8.32. The van der Waals surface area contributed by atoms with Gasteiger partial charge in [0.25, 0.3) is 0 Å². The van der Waals surface area contributed by atoms with Gasteiger partial charge in [-0.25, -0.2) is 4.98 Å². The van der Waals surface area contributed by atoms with Crippen LogP contribution >= 0.6 is 34.5 Å². The van der Waals surface area contributed by atoms with Crippen molar-refractivity contribution >= 4 is 34.5 Å². The second-order valence-corrected chi connectivity index (χ2v) is 6.36. The Hall–Kier alpha value is -0.610. The summed E-state index contributed by atoms with van der Waals surface area (Å²) in [7, 11) is 0. The Kier molecular flexibility index (Phi) is 5.01. The highest BCUT2D eigenvalue weighted by molar-refractivity contribution is 7.15. The maximum absolute atomic E-state index is 5.96. The lowest BCUT2D eigenvalue weighted by Gasteiger charge is -2.12. The van der Waals surface area contributed by atoms with Crippen molar-refractivity contribution in [2.75, 3.05) is 0 Å². The minimum Gasteiger partial charge on any atom is -0.308 e. The first-order valence-corrected chi connectivity index (χ1v) is 7.29. The van der Waals surface area contributed by atoms with Crippen LogP contribution in [0.2, 0.25) is 9.36 Å². The van der Waals surface area contributed by atoms with Gasteiger partial charge in [-0.15, -0.1) is 11.3 Å². The fourth-order valence-corrected chi connectivity index (χ4v) is 2.84. The van der Waals surface area contributed by atoms with Crippen molar-refractivity contribution in [3.05, 3.63) is 50.4 Å². The summed E-state index contributed by atoms with van der Waals surface area (Å²) in [6.07, 6.45) is 2.63. The highest BCUT2D eigenvalue weighted by Gasteiger charge is 2.05. The van der Waals surface area contributed by atoms with Gasteiger partial charge in [-0.2, -0.15) is 0 Å². The molecule has 1 unspecified atom stereocenters. The molecular formula is C13H14Cl2N2S. The van der Waals surface area contributed by atoms with E-state index >= 15 is 0 Å². The van der Waals surface area contributed by atoms with Crippen LogP contribution in [0.4, 0.5) is 0 Å². The van der Waals surface area contributed by atoms with Gasteiger partial charge in [0.05, 0.1) is 6.20 Å². The molecule has 1 heterocycles.